The number of ether oxygens (including phenoxy) is 1. The molecule has 3 heteroatoms. The molecule has 0 bridgehead atoms. The Morgan fingerprint density at radius 2 is 1.73 bits per heavy atom. The molecule has 0 saturated carbocycles. The van der Waals surface area contributed by atoms with Gasteiger partial charge in [0.15, 0.2) is 0 Å². The van der Waals surface area contributed by atoms with Crippen LogP contribution in [0.2, 0.25) is 0 Å². The normalized spacial score (nSPS) is 7.64. The molecule has 0 radical (unpaired) electrons. The van der Waals surface area contributed by atoms with Gasteiger partial charge in [0.05, 0.1) is 7.11 Å². The lowest BCUT2D eigenvalue weighted by Gasteiger charge is -1.93. The van der Waals surface area contributed by atoms with Crippen molar-refractivity contribution in [1.82, 2.24) is 0 Å². The van der Waals surface area contributed by atoms with Crippen LogP contribution in [0.15, 0.2) is 0 Å². The number of methoxy groups -OCH3 is 1. The summed E-state index contributed by atoms with van der Waals surface area (Å²) in [5, 5.41) is 0. The molecule has 0 rings (SSSR count). The van der Waals surface area contributed by atoms with Crippen LogP contribution in [0, 0.1) is 0 Å². The third-order valence-electron chi connectivity index (χ3n) is 0.964. The molecule has 11 heavy (non-hydrogen) atoms. The summed E-state index contributed by atoms with van der Waals surface area (Å²) in [6.45, 7) is 5.71. The summed E-state index contributed by atoms with van der Waals surface area (Å²) in [6, 6.07) is 0. The zero-order chi connectivity index (χ0) is 9.28. The monoisotopic (exact) mass is 160 g/mol. The highest BCUT2D eigenvalue weighted by atomic mass is 16.5. The molecular formula is C8H16O3. The molecule has 0 aliphatic carbocycles. The predicted molar refractivity (Wildman–Crippen MR) is 43.3 cm³/mol. The highest BCUT2D eigenvalue weighted by Crippen LogP contribution is 1.89. The van der Waals surface area contributed by atoms with E-state index in [9.17, 15) is 9.59 Å². The van der Waals surface area contributed by atoms with E-state index in [2.05, 4.69) is 4.74 Å². The molecule has 0 fully saturated rings. The Hall–Kier alpha value is -0.860. The molecule has 66 valence electrons. The third-order valence-corrected chi connectivity index (χ3v) is 0.964. The van der Waals surface area contributed by atoms with Crippen molar-refractivity contribution in [2.24, 2.45) is 0 Å². The molecule has 0 atom stereocenters. The fourth-order valence-corrected chi connectivity index (χ4v) is 0.358. The van der Waals surface area contributed by atoms with Crippen molar-refractivity contribution in [2.45, 2.75) is 33.6 Å². The Morgan fingerprint density at radius 1 is 1.27 bits per heavy atom. The van der Waals surface area contributed by atoms with E-state index < -0.39 is 5.97 Å². The van der Waals surface area contributed by atoms with Crippen LogP contribution in [0.4, 0.5) is 0 Å². The second-order valence-electron chi connectivity index (χ2n) is 1.65. The minimum absolute atomic E-state index is 0.0816. The van der Waals surface area contributed by atoms with Gasteiger partial charge in [0.2, 0.25) is 0 Å². The Kier molecular flexibility index (Phi) is 10.6. The number of Topliss-reactive ketones (excluding diaryl/α,β-unsaturated/α-hetero) is 1. The van der Waals surface area contributed by atoms with Gasteiger partial charge in [-0.2, -0.15) is 0 Å². The standard InChI is InChI=1S/C6H10O3.C2H6/c1-3-5(7)4-6(8)9-2;1-2/h3-4H2,1-2H3;1-2H3. The van der Waals surface area contributed by atoms with Crippen molar-refractivity contribution in [2.75, 3.05) is 7.11 Å². The highest BCUT2D eigenvalue weighted by molar-refractivity contribution is 5.95. The van der Waals surface area contributed by atoms with Gasteiger partial charge in [-0.15, -0.1) is 0 Å². The highest BCUT2D eigenvalue weighted by Gasteiger charge is 2.05. The van der Waals surface area contributed by atoms with Crippen LogP contribution >= 0.6 is 0 Å². The Labute approximate surface area is 67.7 Å². The Bertz CT molecular complexity index is 105. The van der Waals surface area contributed by atoms with Crippen molar-refractivity contribution in [3.63, 3.8) is 0 Å². The second-order valence-corrected chi connectivity index (χ2v) is 1.65. The molecule has 0 aliphatic heterocycles. The van der Waals surface area contributed by atoms with Crippen LogP contribution in [0.25, 0.3) is 0 Å². The van der Waals surface area contributed by atoms with E-state index in [4.69, 9.17) is 0 Å². The molecule has 0 aromatic heterocycles. The number of rotatable bonds is 3. The zero-order valence-corrected chi connectivity index (χ0v) is 7.64. The van der Waals surface area contributed by atoms with Crippen molar-refractivity contribution in [3.8, 4) is 0 Å². The quantitative estimate of drug-likeness (QED) is 0.464. The minimum Gasteiger partial charge on any atom is -0.469 e. The maximum absolute atomic E-state index is 10.5. The van der Waals surface area contributed by atoms with E-state index >= 15 is 0 Å². The maximum atomic E-state index is 10.5. The number of ketones is 1. The number of hydrogen-bond acceptors (Lipinski definition) is 3. The molecule has 0 amide bonds. The smallest absolute Gasteiger partial charge is 0.313 e. The number of carbonyl (C=O) groups excluding carboxylic acids is 2. The van der Waals surface area contributed by atoms with Gasteiger partial charge < -0.3 is 4.74 Å². The van der Waals surface area contributed by atoms with Crippen molar-refractivity contribution >= 4 is 11.8 Å². The van der Waals surface area contributed by atoms with Crippen LogP contribution in [0.1, 0.15) is 33.6 Å². The molecule has 0 spiro atoms. The fraction of sp³-hybridized carbons (Fsp3) is 0.750. The van der Waals surface area contributed by atoms with Gasteiger partial charge in [0.25, 0.3) is 0 Å². The van der Waals surface area contributed by atoms with E-state index in [-0.39, 0.29) is 12.2 Å². The summed E-state index contributed by atoms with van der Waals surface area (Å²) in [5.41, 5.74) is 0. The van der Waals surface area contributed by atoms with Gasteiger partial charge in [-0.1, -0.05) is 20.8 Å². The van der Waals surface area contributed by atoms with Gasteiger partial charge >= 0.3 is 5.97 Å². The molecule has 0 aromatic rings. The van der Waals surface area contributed by atoms with Crippen LogP contribution < -0.4 is 0 Å². The summed E-state index contributed by atoms with van der Waals surface area (Å²) in [4.78, 5) is 20.8. The average Bonchev–Trinajstić information content (AvgIpc) is 2.07. The first-order valence-corrected chi connectivity index (χ1v) is 3.79. The van der Waals surface area contributed by atoms with Gasteiger partial charge in [0.1, 0.15) is 12.2 Å². The molecule has 0 aromatic carbocycles. The van der Waals surface area contributed by atoms with Gasteiger partial charge in [0, 0.05) is 6.42 Å². The Morgan fingerprint density at radius 3 is 2.00 bits per heavy atom. The molecule has 0 N–H and O–H groups in total. The summed E-state index contributed by atoms with van der Waals surface area (Å²) in [6.07, 6.45) is 0.308. The molecular weight excluding hydrogens is 144 g/mol. The van der Waals surface area contributed by atoms with Crippen LogP contribution in [0.3, 0.4) is 0 Å². The predicted octanol–water partition coefficient (Wildman–Crippen LogP) is 1.55. The lowest BCUT2D eigenvalue weighted by Crippen LogP contribution is -2.07. The van der Waals surface area contributed by atoms with E-state index in [1.807, 2.05) is 13.8 Å². The van der Waals surface area contributed by atoms with E-state index in [0.29, 0.717) is 6.42 Å². The topological polar surface area (TPSA) is 43.4 Å². The maximum Gasteiger partial charge on any atom is 0.313 e. The minimum atomic E-state index is -0.457. The van der Waals surface area contributed by atoms with Crippen molar-refractivity contribution < 1.29 is 14.3 Å². The first kappa shape index (κ1) is 12.8. The van der Waals surface area contributed by atoms with Crippen molar-refractivity contribution in [3.05, 3.63) is 0 Å². The first-order chi connectivity index (χ1) is 5.20. The van der Waals surface area contributed by atoms with Gasteiger partial charge in [-0.05, 0) is 0 Å². The average molecular weight is 160 g/mol. The van der Waals surface area contributed by atoms with E-state index in [1.54, 1.807) is 6.92 Å². The number of hydrogen-bond donors (Lipinski definition) is 0. The molecule has 3 nitrogen and oxygen atoms in total. The van der Waals surface area contributed by atoms with Crippen LogP contribution in [-0.4, -0.2) is 18.9 Å². The van der Waals surface area contributed by atoms with E-state index in [0.717, 1.165) is 0 Å². The lowest BCUT2D eigenvalue weighted by atomic mass is 10.2. The Balaban J connectivity index is 0. The molecule has 0 saturated heterocycles. The summed E-state index contributed by atoms with van der Waals surface area (Å²) in [7, 11) is 1.27. The number of esters is 1. The third kappa shape index (κ3) is 9.14. The molecule has 0 aliphatic rings. The number of carbonyl (C=O) groups is 2. The van der Waals surface area contributed by atoms with Crippen LogP contribution in [0.5, 0.6) is 0 Å². The van der Waals surface area contributed by atoms with E-state index in [1.165, 1.54) is 7.11 Å². The van der Waals surface area contributed by atoms with Gasteiger partial charge in [-0.3, -0.25) is 9.59 Å². The lowest BCUT2D eigenvalue weighted by molar-refractivity contribution is -0.143. The van der Waals surface area contributed by atoms with Crippen molar-refractivity contribution in [1.29, 1.82) is 0 Å². The first-order valence-electron chi connectivity index (χ1n) is 3.79. The SMILES string of the molecule is CC.CCC(=O)CC(=O)OC. The van der Waals surface area contributed by atoms with Gasteiger partial charge in [-0.25, -0.2) is 0 Å². The molecule has 0 heterocycles. The summed E-state index contributed by atoms with van der Waals surface area (Å²) in [5.74, 6) is -0.538. The van der Waals surface area contributed by atoms with Crippen LogP contribution in [-0.2, 0) is 14.3 Å². The largest absolute Gasteiger partial charge is 0.469 e. The summed E-state index contributed by atoms with van der Waals surface area (Å²) < 4.78 is 4.26. The second kappa shape index (κ2) is 9.14. The molecule has 0 unspecified atom stereocenters. The zero-order valence-electron chi connectivity index (χ0n) is 7.64. The summed E-state index contributed by atoms with van der Waals surface area (Å²) >= 11 is 0. The fourth-order valence-electron chi connectivity index (χ4n) is 0.358.